The van der Waals surface area contributed by atoms with E-state index in [0.29, 0.717) is 11.5 Å². The third kappa shape index (κ3) is 4.64. The zero-order valence-electron chi connectivity index (χ0n) is 12.5. The van der Waals surface area contributed by atoms with Crippen LogP contribution in [0.2, 0.25) is 0 Å². The van der Waals surface area contributed by atoms with Crippen molar-refractivity contribution in [2.75, 3.05) is 37.6 Å². The predicted octanol–water partition coefficient (Wildman–Crippen LogP) is 1.98. The van der Waals surface area contributed by atoms with E-state index in [-0.39, 0.29) is 0 Å². The number of thiocarbonyl (C=S) groups is 1. The molecule has 6 heteroatoms. The Morgan fingerprint density at radius 1 is 1.33 bits per heavy atom. The van der Waals surface area contributed by atoms with Gasteiger partial charge in [0, 0.05) is 48.4 Å². The van der Waals surface area contributed by atoms with Gasteiger partial charge in [0.25, 0.3) is 0 Å². The van der Waals surface area contributed by atoms with Crippen molar-refractivity contribution in [1.82, 2.24) is 4.90 Å². The fourth-order valence-electron chi connectivity index (χ4n) is 2.68. The van der Waals surface area contributed by atoms with Crippen LogP contribution in [-0.4, -0.2) is 53.3 Å². The topological polar surface area (TPSA) is 52.7 Å². The molecular formula is C15H22BrN3OS. The molecule has 1 saturated heterocycles. The number of hydrogen-bond donors (Lipinski definition) is 2. The maximum Gasteiger partial charge on any atom is 0.106 e. The number of anilines is 1. The molecule has 1 fully saturated rings. The number of hydrogen-bond acceptors (Lipinski definition) is 4. The Morgan fingerprint density at radius 2 is 1.95 bits per heavy atom. The monoisotopic (exact) mass is 371 g/mol. The van der Waals surface area contributed by atoms with Gasteiger partial charge in [-0.1, -0.05) is 28.1 Å². The summed E-state index contributed by atoms with van der Waals surface area (Å²) in [6.45, 7) is 8.07. The lowest BCUT2D eigenvalue weighted by Crippen LogP contribution is -2.50. The Kier molecular flexibility index (Phi) is 5.24. The maximum absolute atomic E-state index is 9.91. The van der Waals surface area contributed by atoms with E-state index in [0.717, 1.165) is 41.9 Å². The smallest absolute Gasteiger partial charge is 0.106 e. The van der Waals surface area contributed by atoms with Crippen LogP contribution in [0.4, 0.5) is 5.69 Å². The molecule has 1 aliphatic rings. The highest BCUT2D eigenvalue weighted by Gasteiger charge is 2.24. The molecule has 2 rings (SSSR count). The minimum Gasteiger partial charge on any atom is -0.389 e. The van der Waals surface area contributed by atoms with Gasteiger partial charge in [-0.25, -0.2) is 0 Å². The van der Waals surface area contributed by atoms with E-state index in [4.69, 9.17) is 18.0 Å². The summed E-state index contributed by atoms with van der Waals surface area (Å²) in [4.78, 5) is 5.02. The largest absolute Gasteiger partial charge is 0.389 e. The quantitative estimate of drug-likeness (QED) is 0.792. The van der Waals surface area contributed by atoms with Crippen molar-refractivity contribution in [2.45, 2.75) is 19.4 Å². The minimum atomic E-state index is -0.649. The van der Waals surface area contributed by atoms with E-state index < -0.39 is 5.60 Å². The molecule has 0 aliphatic carbocycles. The van der Waals surface area contributed by atoms with Gasteiger partial charge >= 0.3 is 0 Å². The van der Waals surface area contributed by atoms with Crippen molar-refractivity contribution in [3.05, 3.63) is 28.2 Å². The second-order valence-corrected chi connectivity index (χ2v) is 7.46. The molecule has 1 heterocycles. The lowest BCUT2D eigenvalue weighted by molar-refractivity contribution is 0.0345. The minimum absolute atomic E-state index is 0.422. The van der Waals surface area contributed by atoms with Crippen LogP contribution in [0.1, 0.15) is 19.4 Å². The van der Waals surface area contributed by atoms with Crippen LogP contribution in [0.15, 0.2) is 22.7 Å². The van der Waals surface area contributed by atoms with Crippen molar-refractivity contribution in [1.29, 1.82) is 0 Å². The van der Waals surface area contributed by atoms with Gasteiger partial charge in [0.15, 0.2) is 0 Å². The zero-order chi connectivity index (χ0) is 15.6. The summed E-state index contributed by atoms with van der Waals surface area (Å²) in [6.07, 6.45) is 0. The number of benzene rings is 1. The number of nitrogens with zero attached hydrogens (tertiary/aromatic N) is 2. The molecule has 0 amide bonds. The van der Waals surface area contributed by atoms with Crippen LogP contribution in [0.3, 0.4) is 0 Å². The summed E-state index contributed by atoms with van der Waals surface area (Å²) in [7, 11) is 0. The van der Waals surface area contributed by atoms with E-state index >= 15 is 0 Å². The molecule has 1 aromatic carbocycles. The number of halogens is 1. The highest BCUT2D eigenvalue weighted by molar-refractivity contribution is 9.10. The molecule has 21 heavy (non-hydrogen) atoms. The number of aliphatic hydroxyl groups is 1. The lowest BCUT2D eigenvalue weighted by atomic mass is 10.1. The van der Waals surface area contributed by atoms with E-state index in [1.165, 1.54) is 0 Å². The molecular weight excluding hydrogens is 350 g/mol. The fourth-order valence-corrected chi connectivity index (χ4v) is 3.20. The van der Waals surface area contributed by atoms with Gasteiger partial charge in [-0.15, -0.1) is 0 Å². The number of rotatable bonds is 4. The Balaban J connectivity index is 2.07. The summed E-state index contributed by atoms with van der Waals surface area (Å²) in [5.41, 5.74) is 7.20. The molecule has 1 aliphatic heterocycles. The van der Waals surface area contributed by atoms with E-state index in [1.807, 2.05) is 26.0 Å². The van der Waals surface area contributed by atoms with Crippen LogP contribution in [0.25, 0.3) is 0 Å². The van der Waals surface area contributed by atoms with Gasteiger partial charge in [0.1, 0.15) is 4.99 Å². The van der Waals surface area contributed by atoms with Gasteiger partial charge < -0.3 is 15.7 Å². The highest BCUT2D eigenvalue weighted by atomic mass is 79.9. The fraction of sp³-hybridized carbons (Fsp3) is 0.533. The molecule has 0 unspecified atom stereocenters. The molecule has 0 saturated carbocycles. The number of β-amino-alcohol motifs (C(OH)–C–C–N with tert-alkyl or cyclic N) is 1. The second kappa shape index (κ2) is 6.60. The summed E-state index contributed by atoms with van der Waals surface area (Å²) in [5.74, 6) is 0. The first-order valence-corrected chi connectivity index (χ1v) is 8.25. The van der Waals surface area contributed by atoms with Crippen molar-refractivity contribution >= 4 is 38.8 Å². The first-order valence-electron chi connectivity index (χ1n) is 7.05. The van der Waals surface area contributed by atoms with E-state index in [2.05, 4.69) is 31.8 Å². The third-order valence-electron chi connectivity index (χ3n) is 3.55. The second-order valence-electron chi connectivity index (χ2n) is 6.10. The van der Waals surface area contributed by atoms with E-state index in [1.54, 1.807) is 0 Å². The lowest BCUT2D eigenvalue weighted by Gasteiger charge is -2.39. The van der Waals surface area contributed by atoms with Crippen LogP contribution >= 0.6 is 28.1 Å². The number of nitrogens with two attached hydrogens (primary N) is 1. The van der Waals surface area contributed by atoms with Crippen LogP contribution in [0.5, 0.6) is 0 Å². The van der Waals surface area contributed by atoms with Gasteiger partial charge in [-0.3, -0.25) is 4.90 Å². The van der Waals surface area contributed by atoms with Crippen molar-refractivity contribution < 1.29 is 5.11 Å². The molecule has 0 bridgehead atoms. The Hall–Kier alpha value is -0.690. The third-order valence-corrected chi connectivity index (χ3v) is 4.26. The van der Waals surface area contributed by atoms with Crippen LogP contribution in [0, 0.1) is 0 Å². The van der Waals surface area contributed by atoms with E-state index in [9.17, 15) is 5.11 Å². The summed E-state index contributed by atoms with van der Waals surface area (Å²) >= 11 is 8.62. The molecule has 1 aromatic rings. The van der Waals surface area contributed by atoms with Crippen LogP contribution in [-0.2, 0) is 0 Å². The average Bonchev–Trinajstić information content (AvgIpc) is 2.38. The molecule has 116 valence electrons. The molecule has 3 N–H and O–H groups in total. The molecule has 0 spiro atoms. The molecule has 0 atom stereocenters. The maximum atomic E-state index is 9.91. The van der Waals surface area contributed by atoms with Gasteiger partial charge in [0.2, 0.25) is 0 Å². The Bertz CT molecular complexity index is 522. The number of piperazine rings is 1. The molecule has 0 aromatic heterocycles. The van der Waals surface area contributed by atoms with Crippen molar-refractivity contribution in [2.24, 2.45) is 5.73 Å². The molecule has 4 nitrogen and oxygen atoms in total. The van der Waals surface area contributed by atoms with Crippen molar-refractivity contribution in [3.63, 3.8) is 0 Å². The van der Waals surface area contributed by atoms with Crippen LogP contribution < -0.4 is 10.6 Å². The first-order chi connectivity index (χ1) is 9.76. The van der Waals surface area contributed by atoms with Gasteiger partial charge in [0.05, 0.1) is 5.60 Å². The van der Waals surface area contributed by atoms with Crippen molar-refractivity contribution in [3.8, 4) is 0 Å². The van der Waals surface area contributed by atoms with Gasteiger partial charge in [-0.05, 0) is 32.0 Å². The average molecular weight is 372 g/mol. The van der Waals surface area contributed by atoms with Gasteiger partial charge in [-0.2, -0.15) is 0 Å². The summed E-state index contributed by atoms with van der Waals surface area (Å²) < 4.78 is 0.981. The predicted molar refractivity (Wildman–Crippen MR) is 95.0 cm³/mol. The normalized spacial score (nSPS) is 17.0. The first kappa shape index (κ1) is 16.7. The summed E-state index contributed by atoms with van der Waals surface area (Å²) in [6, 6.07) is 6.05. The Morgan fingerprint density at radius 3 is 2.48 bits per heavy atom. The Labute approximate surface area is 140 Å². The molecule has 0 radical (unpaired) electrons. The SMILES string of the molecule is CC(C)(O)CN1CCN(c2ccc(Br)cc2C(N)=S)CC1. The highest BCUT2D eigenvalue weighted by Crippen LogP contribution is 2.26. The summed E-state index contributed by atoms with van der Waals surface area (Å²) in [5, 5.41) is 9.91. The zero-order valence-corrected chi connectivity index (χ0v) is 14.9. The standard InChI is InChI=1S/C15H22BrN3OS/c1-15(2,20)10-18-5-7-19(8-6-18)13-4-3-11(16)9-12(13)14(17)21/h3-4,9,20H,5-8,10H2,1-2H3,(H2,17,21).